The first-order chi connectivity index (χ1) is 20.9. The SMILES string of the molecule is COc1cc2cc(C(=O)N3C[C@@H](CCl)c4c3cc(ON(C(C)=O)C(=O)OC(C)(C)C)c3ccccc43)[nH]c2c(OC)c1OC. The number of halogens is 1. The van der Waals surface area contributed by atoms with Crippen LogP contribution in [0.15, 0.2) is 42.5 Å². The van der Waals surface area contributed by atoms with E-state index in [0.717, 1.165) is 10.9 Å². The second-order valence-corrected chi connectivity index (χ2v) is 11.6. The van der Waals surface area contributed by atoms with Crippen LogP contribution >= 0.6 is 11.6 Å². The quantitative estimate of drug-likeness (QED) is 0.185. The first kappa shape index (κ1) is 30.8. The van der Waals surface area contributed by atoms with Gasteiger partial charge in [0.1, 0.15) is 11.3 Å². The number of aromatic amines is 1. The van der Waals surface area contributed by atoms with E-state index < -0.39 is 17.6 Å². The summed E-state index contributed by atoms with van der Waals surface area (Å²) in [5.74, 6) is 0.509. The van der Waals surface area contributed by atoms with Gasteiger partial charge in [-0.15, -0.1) is 11.6 Å². The maximum atomic E-state index is 14.2. The number of aromatic nitrogens is 1. The number of hydrogen-bond donors (Lipinski definition) is 1. The normalized spacial score (nSPS) is 14.4. The highest BCUT2D eigenvalue weighted by molar-refractivity contribution is 6.19. The van der Waals surface area contributed by atoms with Crippen LogP contribution < -0.4 is 23.9 Å². The van der Waals surface area contributed by atoms with E-state index in [1.54, 1.807) is 43.9 Å². The molecule has 11 nitrogen and oxygen atoms in total. The molecule has 3 amide bonds. The van der Waals surface area contributed by atoms with Crippen LogP contribution in [0.4, 0.5) is 10.5 Å². The van der Waals surface area contributed by atoms with Crippen molar-refractivity contribution in [2.75, 3.05) is 38.7 Å². The summed E-state index contributed by atoms with van der Waals surface area (Å²) >= 11 is 6.46. The molecule has 12 heteroatoms. The molecule has 3 aromatic carbocycles. The Morgan fingerprint density at radius 3 is 2.25 bits per heavy atom. The summed E-state index contributed by atoms with van der Waals surface area (Å²) in [5.41, 5.74) is 1.41. The fourth-order valence-corrected chi connectivity index (χ4v) is 5.70. The zero-order chi connectivity index (χ0) is 31.9. The highest BCUT2D eigenvalue weighted by Crippen LogP contribution is 2.47. The predicted molar refractivity (Wildman–Crippen MR) is 166 cm³/mol. The van der Waals surface area contributed by atoms with Crippen LogP contribution in [0.2, 0.25) is 0 Å². The molecule has 0 fully saturated rings. The van der Waals surface area contributed by atoms with Crippen molar-refractivity contribution >= 4 is 56.9 Å². The van der Waals surface area contributed by atoms with Gasteiger partial charge in [0.15, 0.2) is 17.2 Å². The van der Waals surface area contributed by atoms with Gasteiger partial charge in [-0.25, -0.2) is 4.79 Å². The third-order valence-corrected chi connectivity index (χ3v) is 7.62. The van der Waals surface area contributed by atoms with Gasteiger partial charge in [-0.1, -0.05) is 29.3 Å². The summed E-state index contributed by atoms with van der Waals surface area (Å²) in [6, 6.07) is 12.5. The Balaban J connectivity index is 1.62. The average molecular weight is 624 g/mol. The molecule has 0 spiro atoms. The van der Waals surface area contributed by atoms with Crippen molar-refractivity contribution in [3.63, 3.8) is 0 Å². The van der Waals surface area contributed by atoms with Gasteiger partial charge in [-0.2, -0.15) is 0 Å². The van der Waals surface area contributed by atoms with Gasteiger partial charge in [0.05, 0.1) is 32.5 Å². The summed E-state index contributed by atoms with van der Waals surface area (Å²) in [4.78, 5) is 50.3. The van der Waals surface area contributed by atoms with Crippen LogP contribution in [-0.4, -0.2) is 67.3 Å². The number of hydroxylamine groups is 2. The molecule has 0 saturated heterocycles. The number of nitrogens with one attached hydrogen (secondary N) is 1. The van der Waals surface area contributed by atoms with E-state index in [9.17, 15) is 14.4 Å². The van der Waals surface area contributed by atoms with Crippen LogP contribution in [0, 0.1) is 0 Å². The summed E-state index contributed by atoms with van der Waals surface area (Å²) in [6.07, 6.45) is -0.959. The first-order valence-electron chi connectivity index (χ1n) is 13.9. The molecular formula is C32H34ClN3O8. The van der Waals surface area contributed by atoms with E-state index in [0.29, 0.717) is 56.5 Å². The summed E-state index contributed by atoms with van der Waals surface area (Å²) in [7, 11) is 4.54. The van der Waals surface area contributed by atoms with E-state index in [-0.39, 0.29) is 23.5 Å². The van der Waals surface area contributed by atoms with Crippen LogP contribution in [-0.2, 0) is 9.53 Å². The van der Waals surface area contributed by atoms with E-state index in [1.165, 1.54) is 28.3 Å². The second kappa shape index (κ2) is 11.8. The number of rotatable bonds is 7. The number of carbonyl (C=O) groups excluding carboxylic acids is 3. The van der Waals surface area contributed by atoms with Gasteiger partial charge in [-0.05, 0) is 43.9 Å². The van der Waals surface area contributed by atoms with Gasteiger partial charge in [0.25, 0.3) is 11.8 Å². The molecule has 0 saturated carbocycles. The molecule has 4 aromatic rings. The van der Waals surface area contributed by atoms with Crippen molar-refractivity contribution in [1.29, 1.82) is 0 Å². The number of methoxy groups -OCH3 is 3. The Labute approximate surface area is 259 Å². The average Bonchev–Trinajstić information content (AvgIpc) is 3.58. The molecule has 44 heavy (non-hydrogen) atoms. The van der Waals surface area contributed by atoms with Gasteiger partial charge in [0, 0.05) is 42.1 Å². The molecule has 1 aliphatic heterocycles. The van der Waals surface area contributed by atoms with Crippen LogP contribution in [0.1, 0.15) is 49.7 Å². The van der Waals surface area contributed by atoms with Crippen LogP contribution in [0.3, 0.4) is 0 Å². The van der Waals surface area contributed by atoms with E-state index in [4.69, 9.17) is 35.4 Å². The largest absolute Gasteiger partial charge is 0.493 e. The molecule has 2 heterocycles. The van der Waals surface area contributed by atoms with E-state index >= 15 is 0 Å². The Kier molecular flexibility index (Phi) is 8.26. The van der Waals surface area contributed by atoms with Gasteiger partial charge in [0.2, 0.25) is 5.75 Å². The number of imide groups is 1. The molecule has 0 bridgehead atoms. The van der Waals surface area contributed by atoms with Crippen molar-refractivity contribution in [3.8, 4) is 23.0 Å². The summed E-state index contributed by atoms with van der Waals surface area (Å²) in [6.45, 7) is 6.57. The number of H-pyrrole nitrogens is 1. The van der Waals surface area contributed by atoms with Gasteiger partial charge >= 0.3 is 6.09 Å². The first-order valence-corrected chi connectivity index (χ1v) is 14.4. The lowest BCUT2D eigenvalue weighted by atomic mass is 9.95. The number of ether oxygens (including phenoxy) is 4. The number of hydrogen-bond acceptors (Lipinski definition) is 8. The molecule has 5 rings (SSSR count). The highest BCUT2D eigenvalue weighted by Gasteiger charge is 2.37. The molecule has 0 aliphatic carbocycles. The maximum Gasteiger partial charge on any atom is 0.451 e. The number of carbonyl (C=O) groups is 3. The minimum atomic E-state index is -0.959. The Bertz CT molecular complexity index is 1780. The van der Waals surface area contributed by atoms with Crippen molar-refractivity contribution in [2.24, 2.45) is 0 Å². The fourth-order valence-electron chi connectivity index (χ4n) is 5.44. The van der Waals surface area contributed by atoms with E-state index in [2.05, 4.69) is 4.98 Å². The zero-order valence-electron chi connectivity index (χ0n) is 25.6. The third kappa shape index (κ3) is 5.43. The predicted octanol–water partition coefficient (Wildman–Crippen LogP) is 6.41. The molecule has 0 unspecified atom stereocenters. The summed E-state index contributed by atoms with van der Waals surface area (Å²) in [5, 5.41) is 2.68. The topological polar surface area (TPSA) is 120 Å². The molecule has 0 radical (unpaired) electrons. The smallest absolute Gasteiger partial charge is 0.451 e. The second-order valence-electron chi connectivity index (χ2n) is 11.3. The lowest BCUT2D eigenvalue weighted by molar-refractivity contribution is -0.150. The van der Waals surface area contributed by atoms with Crippen molar-refractivity contribution in [2.45, 2.75) is 39.2 Å². The highest BCUT2D eigenvalue weighted by atomic mass is 35.5. The van der Waals surface area contributed by atoms with E-state index in [1.807, 2.05) is 24.3 Å². The summed E-state index contributed by atoms with van der Waals surface area (Å²) < 4.78 is 22.0. The number of nitrogens with zero attached hydrogens (tertiary/aromatic N) is 2. The molecule has 232 valence electrons. The number of fused-ring (bicyclic) bond motifs is 4. The third-order valence-electron chi connectivity index (χ3n) is 7.25. The molecule has 1 aromatic heterocycles. The zero-order valence-corrected chi connectivity index (χ0v) is 26.3. The Morgan fingerprint density at radius 2 is 1.66 bits per heavy atom. The standard InChI is InChI=1S/C32H34ClN3O8/c1-17(37)36(31(39)43-32(2,3)4)44-24-14-23-26(21-11-9-8-10-20(21)24)19(15-33)16-35(23)30(38)22-12-18-13-25(40-5)28(41-6)29(42-7)27(18)34-22/h8-14,19,34H,15-16H2,1-7H3/t19-/m1/s1. The lowest BCUT2D eigenvalue weighted by Gasteiger charge is -2.26. The van der Waals surface area contributed by atoms with Crippen LogP contribution in [0.25, 0.3) is 21.7 Å². The Morgan fingerprint density at radius 1 is 0.977 bits per heavy atom. The maximum absolute atomic E-state index is 14.2. The van der Waals surface area contributed by atoms with Crippen molar-refractivity contribution in [1.82, 2.24) is 10.0 Å². The van der Waals surface area contributed by atoms with Crippen LogP contribution in [0.5, 0.6) is 23.0 Å². The molecule has 1 N–H and O–H groups in total. The van der Waals surface area contributed by atoms with Gasteiger partial charge in [-0.3, -0.25) is 9.59 Å². The number of anilines is 1. The van der Waals surface area contributed by atoms with Crippen molar-refractivity contribution in [3.05, 3.63) is 53.7 Å². The fraction of sp³-hybridized carbons (Fsp3) is 0.344. The monoisotopic (exact) mass is 623 g/mol. The number of amides is 3. The minimum absolute atomic E-state index is 0.191. The number of benzene rings is 3. The Hall–Kier alpha value is -4.64. The molecule has 1 atom stereocenters. The molecular weight excluding hydrogens is 590 g/mol. The van der Waals surface area contributed by atoms with Crippen molar-refractivity contribution < 1.29 is 38.2 Å². The van der Waals surface area contributed by atoms with Gasteiger partial charge < -0.3 is 33.7 Å². The number of alkyl halides is 1. The molecule has 1 aliphatic rings. The lowest BCUT2D eigenvalue weighted by Crippen LogP contribution is -2.42. The minimum Gasteiger partial charge on any atom is -0.493 e.